The monoisotopic (exact) mass is 276 g/mol. The van der Waals surface area contributed by atoms with E-state index in [9.17, 15) is 0 Å². The third-order valence-electron chi connectivity index (χ3n) is 4.81. The van der Waals surface area contributed by atoms with Crippen molar-refractivity contribution in [2.75, 3.05) is 13.2 Å². The predicted molar refractivity (Wildman–Crippen MR) is 73.9 cm³/mol. The van der Waals surface area contributed by atoms with Gasteiger partial charge in [-0.05, 0) is 36.8 Å². The molecule has 0 unspecified atom stereocenters. The summed E-state index contributed by atoms with van der Waals surface area (Å²) in [6, 6.07) is 7.72. The first kappa shape index (κ1) is 12.0. The standard InChI is InChI=1S/C16H17ClO2/c17-14-5-2-12(3-6-14)15-18-9-16(10-19-15)8-11-1-4-13(16)7-11/h1-6,11,13,15H,7-10H2/t11-,13+,15?,16?/m1/s1. The van der Waals surface area contributed by atoms with Gasteiger partial charge in [0.1, 0.15) is 0 Å². The van der Waals surface area contributed by atoms with Crippen molar-refractivity contribution < 1.29 is 9.47 Å². The highest BCUT2D eigenvalue weighted by atomic mass is 35.5. The van der Waals surface area contributed by atoms with Gasteiger partial charge in [-0.2, -0.15) is 0 Å². The molecule has 3 heteroatoms. The van der Waals surface area contributed by atoms with E-state index in [1.807, 2.05) is 24.3 Å². The molecule has 1 saturated heterocycles. The Kier molecular flexibility index (Phi) is 2.73. The zero-order valence-electron chi connectivity index (χ0n) is 10.7. The fourth-order valence-electron chi connectivity index (χ4n) is 3.77. The maximum atomic E-state index is 6.00. The Bertz CT molecular complexity index is 500. The van der Waals surface area contributed by atoms with Gasteiger partial charge in [0.25, 0.3) is 0 Å². The third-order valence-corrected chi connectivity index (χ3v) is 5.07. The molecule has 1 aliphatic heterocycles. The summed E-state index contributed by atoms with van der Waals surface area (Å²) in [5, 5.41) is 0.745. The molecular weight excluding hydrogens is 260 g/mol. The van der Waals surface area contributed by atoms with Gasteiger partial charge in [0.15, 0.2) is 6.29 Å². The maximum absolute atomic E-state index is 6.00. The highest BCUT2D eigenvalue weighted by Crippen LogP contribution is 2.54. The molecule has 0 amide bonds. The van der Waals surface area contributed by atoms with Crippen LogP contribution in [0.5, 0.6) is 0 Å². The van der Waals surface area contributed by atoms with Gasteiger partial charge < -0.3 is 9.47 Å². The van der Waals surface area contributed by atoms with E-state index in [4.69, 9.17) is 21.1 Å². The van der Waals surface area contributed by atoms with Crippen LogP contribution in [0, 0.1) is 17.3 Å². The minimum Gasteiger partial charge on any atom is -0.348 e. The number of hydrogen-bond acceptors (Lipinski definition) is 2. The van der Waals surface area contributed by atoms with E-state index in [0.717, 1.165) is 29.7 Å². The summed E-state index contributed by atoms with van der Waals surface area (Å²) in [5.41, 5.74) is 1.29. The molecule has 1 spiro atoms. The summed E-state index contributed by atoms with van der Waals surface area (Å²) in [6.07, 6.45) is 7.01. The molecule has 2 fully saturated rings. The van der Waals surface area contributed by atoms with Crippen molar-refractivity contribution in [1.29, 1.82) is 0 Å². The lowest BCUT2D eigenvalue weighted by molar-refractivity contribution is -0.239. The lowest BCUT2D eigenvalue weighted by Crippen LogP contribution is -2.41. The van der Waals surface area contributed by atoms with Crippen molar-refractivity contribution in [3.05, 3.63) is 47.0 Å². The van der Waals surface area contributed by atoms with Gasteiger partial charge in [0, 0.05) is 16.0 Å². The lowest BCUT2D eigenvalue weighted by atomic mass is 9.76. The molecule has 0 N–H and O–H groups in total. The number of halogens is 1. The van der Waals surface area contributed by atoms with E-state index in [2.05, 4.69) is 12.2 Å². The van der Waals surface area contributed by atoms with Crippen LogP contribution < -0.4 is 0 Å². The number of ether oxygens (including phenoxy) is 2. The van der Waals surface area contributed by atoms with Gasteiger partial charge in [-0.15, -0.1) is 0 Å². The molecule has 1 heterocycles. The number of benzene rings is 1. The van der Waals surface area contributed by atoms with Crippen LogP contribution in [0.1, 0.15) is 24.7 Å². The Labute approximate surface area is 118 Å². The highest BCUT2D eigenvalue weighted by molar-refractivity contribution is 6.30. The molecule has 1 aromatic carbocycles. The Morgan fingerprint density at radius 1 is 1.05 bits per heavy atom. The normalized spacial score (nSPS) is 40.2. The van der Waals surface area contributed by atoms with Crippen LogP contribution in [0.25, 0.3) is 0 Å². The second-order valence-corrected chi connectivity index (χ2v) is 6.50. The first-order valence-corrected chi connectivity index (χ1v) is 7.30. The second-order valence-electron chi connectivity index (χ2n) is 6.06. The zero-order valence-corrected chi connectivity index (χ0v) is 11.5. The quantitative estimate of drug-likeness (QED) is 0.723. The zero-order chi connectivity index (χ0) is 12.9. The lowest BCUT2D eigenvalue weighted by Gasteiger charge is -2.41. The first-order chi connectivity index (χ1) is 9.25. The second kappa shape index (κ2) is 4.34. The van der Waals surface area contributed by atoms with Gasteiger partial charge in [0.2, 0.25) is 0 Å². The number of allylic oxidation sites excluding steroid dienone is 2. The molecule has 0 radical (unpaired) electrons. The molecule has 1 aromatic rings. The van der Waals surface area contributed by atoms with Crippen LogP contribution >= 0.6 is 11.6 Å². The maximum Gasteiger partial charge on any atom is 0.183 e. The number of fused-ring (bicyclic) bond motifs is 3. The highest BCUT2D eigenvalue weighted by Gasteiger charge is 2.51. The first-order valence-electron chi connectivity index (χ1n) is 6.92. The minimum atomic E-state index is -0.231. The van der Waals surface area contributed by atoms with Crippen molar-refractivity contribution in [2.45, 2.75) is 19.1 Å². The summed E-state index contributed by atoms with van der Waals surface area (Å²) in [5.74, 6) is 1.41. The third kappa shape index (κ3) is 1.94. The largest absolute Gasteiger partial charge is 0.348 e. The van der Waals surface area contributed by atoms with Crippen molar-refractivity contribution in [3.8, 4) is 0 Å². The van der Waals surface area contributed by atoms with Gasteiger partial charge >= 0.3 is 0 Å². The summed E-state index contributed by atoms with van der Waals surface area (Å²) < 4.78 is 12.0. The molecular formula is C16H17ClO2. The molecule has 4 rings (SSSR count). The number of rotatable bonds is 1. The molecule has 1 saturated carbocycles. The Morgan fingerprint density at radius 3 is 2.37 bits per heavy atom. The summed E-state index contributed by atoms with van der Waals surface area (Å²) in [6.45, 7) is 1.62. The van der Waals surface area contributed by atoms with Crippen LogP contribution in [-0.2, 0) is 9.47 Å². The minimum absolute atomic E-state index is 0.231. The van der Waals surface area contributed by atoms with Gasteiger partial charge in [-0.25, -0.2) is 0 Å². The molecule has 3 aliphatic rings. The molecule has 2 atom stereocenters. The van der Waals surface area contributed by atoms with E-state index >= 15 is 0 Å². The SMILES string of the molecule is Clc1ccc(C2OCC3(CO2)C[C@@H]2C=C[C@H]3C2)cc1. The van der Waals surface area contributed by atoms with Crippen LogP contribution in [0.4, 0.5) is 0 Å². The predicted octanol–water partition coefficient (Wildman–Crippen LogP) is 3.97. The van der Waals surface area contributed by atoms with Crippen LogP contribution in [0.3, 0.4) is 0 Å². The topological polar surface area (TPSA) is 18.5 Å². The van der Waals surface area contributed by atoms with Crippen molar-refractivity contribution in [1.82, 2.24) is 0 Å². The Hall–Kier alpha value is -0.830. The summed E-state index contributed by atoms with van der Waals surface area (Å²) in [7, 11) is 0. The smallest absolute Gasteiger partial charge is 0.183 e. The molecule has 100 valence electrons. The van der Waals surface area contributed by atoms with Crippen molar-refractivity contribution in [3.63, 3.8) is 0 Å². The molecule has 0 aromatic heterocycles. The van der Waals surface area contributed by atoms with Crippen LogP contribution in [0.2, 0.25) is 5.02 Å². The van der Waals surface area contributed by atoms with Crippen LogP contribution in [0.15, 0.2) is 36.4 Å². The van der Waals surface area contributed by atoms with E-state index in [0.29, 0.717) is 5.92 Å². The van der Waals surface area contributed by atoms with E-state index in [-0.39, 0.29) is 11.7 Å². The van der Waals surface area contributed by atoms with Gasteiger partial charge in [0.05, 0.1) is 13.2 Å². The summed E-state index contributed by atoms with van der Waals surface area (Å²) in [4.78, 5) is 0. The van der Waals surface area contributed by atoms with Gasteiger partial charge in [-0.3, -0.25) is 0 Å². The Balaban J connectivity index is 1.48. The fourth-order valence-corrected chi connectivity index (χ4v) is 3.90. The Morgan fingerprint density at radius 2 is 1.79 bits per heavy atom. The average molecular weight is 277 g/mol. The molecule has 2 aliphatic carbocycles. The van der Waals surface area contributed by atoms with Gasteiger partial charge in [-0.1, -0.05) is 35.9 Å². The molecule has 19 heavy (non-hydrogen) atoms. The van der Waals surface area contributed by atoms with Crippen molar-refractivity contribution in [2.24, 2.45) is 17.3 Å². The van der Waals surface area contributed by atoms with E-state index in [1.54, 1.807) is 0 Å². The summed E-state index contributed by atoms with van der Waals surface area (Å²) >= 11 is 5.90. The van der Waals surface area contributed by atoms with Crippen molar-refractivity contribution >= 4 is 11.6 Å². The fraction of sp³-hybridized carbons (Fsp3) is 0.500. The van der Waals surface area contributed by atoms with E-state index < -0.39 is 0 Å². The number of hydrogen-bond donors (Lipinski definition) is 0. The molecule has 2 nitrogen and oxygen atoms in total. The van der Waals surface area contributed by atoms with E-state index in [1.165, 1.54) is 12.8 Å². The average Bonchev–Trinajstić information content (AvgIpc) is 3.02. The van der Waals surface area contributed by atoms with Crippen LogP contribution in [-0.4, -0.2) is 13.2 Å². The molecule has 2 bridgehead atoms.